The number of nitrogens with zero attached hydrogens (tertiary/aromatic N) is 1. The summed E-state index contributed by atoms with van der Waals surface area (Å²) in [5.74, 6) is 3.24. The van der Waals surface area contributed by atoms with Gasteiger partial charge in [0.25, 0.3) is 0 Å². The fourth-order valence-corrected chi connectivity index (χ4v) is 5.30. The zero-order valence-corrected chi connectivity index (χ0v) is 22.3. The van der Waals surface area contributed by atoms with Crippen molar-refractivity contribution in [2.45, 2.75) is 54.0 Å². The Morgan fingerprint density at radius 1 is 0.829 bits per heavy atom. The van der Waals surface area contributed by atoms with Crippen LogP contribution in [0, 0.1) is 33.6 Å². The normalized spacial score (nSPS) is 16.0. The highest BCUT2D eigenvalue weighted by Crippen LogP contribution is 2.46. The van der Waals surface area contributed by atoms with Crippen LogP contribution in [0.25, 0.3) is 0 Å². The molecule has 35 heavy (non-hydrogen) atoms. The highest BCUT2D eigenvalue weighted by atomic mass is 31.2. The van der Waals surface area contributed by atoms with Crippen LogP contribution < -0.4 is 13.6 Å². The van der Waals surface area contributed by atoms with Gasteiger partial charge in [0, 0.05) is 0 Å². The van der Waals surface area contributed by atoms with Crippen LogP contribution in [-0.2, 0) is 4.74 Å². The molecule has 4 rings (SSSR count). The molecule has 184 valence electrons. The SMILES string of the molecule is CC[C@H](C)C1COC(c2ccccc2OP(Oc2c(C)cccc2C)Oc2c(C)cccc2C)=N1. The zero-order chi connectivity index (χ0) is 24.9. The van der Waals surface area contributed by atoms with Gasteiger partial charge in [-0.25, -0.2) is 4.99 Å². The van der Waals surface area contributed by atoms with Crippen molar-refractivity contribution in [3.05, 3.63) is 88.5 Å². The van der Waals surface area contributed by atoms with E-state index >= 15 is 0 Å². The molecule has 0 aliphatic carbocycles. The van der Waals surface area contributed by atoms with Gasteiger partial charge in [0.2, 0.25) is 5.90 Å². The molecule has 5 nitrogen and oxygen atoms in total. The van der Waals surface area contributed by atoms with Gasteiger partial charge in [-0.1, -0.05) is 68.8 Å². The molecule has 3 aromatic carbocycles. The van der Waals surface area contributed by atoms with Crippen LogP contribution in [0.5, 0.6) is 17.2 Å². The van der Waals surface area contributed by atoms with Crippen molar-refractivity contribution < 1.29 is 18.3 Å². The molecule has 0 spiro atoms. The van der Waals surface area contributed by atoms with E-state index in [4.69, 9.17) is 23.3 Å². The average Bonchev–Trinajstić information content (AvgIpc) is 3.34. The first-order chi connectivity index (χ1) is 16.9. The first kappa shape index (κ1) is 25.1. The van der Waals surface area contributed by atoms with Gasteiger partial charge in [-0.2, -0.15) is 0 Å². The van der Waals surface area contributed by atoms with Crippen molar-refractivity contribution in [2.75, 3.05) is 6.61 Å². The number of ether oxygens (including phenoxy) is 1. The molecule has 0 aromatic heterocycles. The van der Waals surface area contributed by atoms with E-state index in [0.717, 1.165) is 45.7 Å². The van der Waals surface area contributed by atoms with E-state index in [-0.39, 0.29) is 6.04 Å². The quantitative estimate of drug-likeness (QED) is 0.286. The summed E-state index contributed by atoms with van der Waals surface area (Å²) in [5, 5.41) is 0. The van der Waals surface area contributed by atoms with Gasteiger partial charge in [0.1, 0.15) is 23.9 Å². The zero-order valence-electron chi connectivity index (χ0n) is 21.4. The summed E-state index contributed by atoms with van der Waals surface area (Å²) >= 11 is 0. The summed E-state index contributed by atoms with van der Waals surface area (Å²) in [5.41, 5.74) is 4.92. The molecule has 3 aromatic rings. The fourth-order valence-electron chi connectivity index (χ4n) is 3.99. The maximum Gasteiger partial charge on any atom is 0.530 e. The van der Waals surface area contributed by atoms with Crippen molar-refractivity contribution in [1.29, 1.82) is 0 Å². The molecule has 0 fully saturated rings. The third kappa shape index (κ3) is 5.79. The van der Waals surface area contributed by atoms with E-state index in [1.807, 2.05) is 88.4 Å². The van der Waals surface area contributed by atoms with Crippen LogP contribution in [-0.4, -0.2) is 18.5 Å². The van der Waals surface area contributed by atoms with Crippen molar-refractivity contribution >= 4 is 14.5 Å². The number of aryl methyl sites for hydroxylation is 4. The largest absolute Gasteiger partial charge is 0.530 e. The molecule has 0 amide bonds. The van der Waals surface area contributed by atoms with Gasteiger partial charge in [-0.05, 0) is 68.0 Å². The third-order valence-corrected chi connectivity index (χ3v) is 7.42. The molecular weight excluding hydrogens is 457 g/mol. The lowest BCUT2D eigenvalue weighted by molar-refractivity contribution is 0.282. The van der Waals surface area contributed by atoms with Crippen LogP contribution >= 0.6 is 8.60 Å². The summed E-state index contributed by atoms with van der Waals surface area (Å²) in [6.45, 7) is 13.1. The molecule has 1 heterocycles. The summed E-state index contributed by atoms with van der Waals surface area (Å²) in [6.07, 6.45) is 1.06. The van der Waals surface area contributed by atoms with E-state index < -0.39 is 8.60 Å². The number of benzene rings is 3. The Balaban J connectivity index is 1.68. The van der Waals surface area contributed by atoms with Crippen LogP contribution in [0.1, 0.15) is 48.1 Å². The highest BCUT2D eigenvalue weighted by Gasteiger charge is 2.29. The predicted octanol–water partition coefficient (Wildman–Crippen LogP) is 7.88. The maximum absolute atomic E-state index is 6.47. The minimum absolute atomic E-state index is 0.154. The Morgan fingerprint density at radius 2 is 1.37 bits per heavy atom. The van der Waals surface area contributed by atoms with Crippen molar-refractivity contribution in [3.63, 3.8) is 0 Å². The summed E-state index contributed by atoms with van der Waals surface area (Å²) in [4.78, 5) is 4.86. The second kappa shape index (κ2) is 11.1. The maximum atomic E-state index is 6.47. The molecule has 0 saturated heterocycles. The lowest BCUT2D eigenvalue weighted by Gasteiger charge is -2.22. The van der Waals surface area contributed by atoms with Crippen LogP contribution in [0.2, 0.25) is 0 Å². The number of hydrogen-bond acceptors (Lipinski definition) is 5. The van der Waals surface area contributed by atoms with Gasteiger partial charge in [0.15, 0.2) is 0 Å². The second-order valence-corrected chi connectivity index (χ2v) is 10.1. The minimum Gasteiger partial charge on any atom is -0.475 e. The van der Waals surface area contributed by atoms with Crippen LogP contribution in [0.15, 0.2) is 65.7 Å². The Labute approximate surface area is 210 Å². The second-order valence-electron chi connectivity index (χ2n) is 9.13. The molecule has 1 unspecified atom stereocenters. The monoisotopic (exact) mass is 491 g/mol. The van der Waals surface area contributed by atoms with Gasteiger partial charge in [0.05, 0.1) is 11.6 Å². The fraction of sp³-hybridized carbons (Fsp3) is 0.345. The van der Waals surface area contributed by atoms with Gasteiger partial charge in [-0.15, -0.1) is 0 Å². The van der Waals surface area contributed by atoms with E-state index in [1.165, 1.54) is 0 Å². The van der Waals surface area contributed by atoms with E-state index in [1.54, 1.807) is 0 Å². The molecular formula is C29H34NO4P. The smallest absolute Gasteiger partial charge is 0.475 e. The Hall–Kier alpha value is -3.04. The Morgan fingerprint density at radius 3 is 1.91 bits per heavy atom. The van der Waals surface area contributed by atoms with Crippen molar-refractivity contribution in [3.8, 4) is 17.2 Å². The summed E-state index contributed by atoms with van der Waals surface area (Å²) < 4.78 is 25.3. The number of rotatable bonds is 9. The molecule has 0 radical (unpaired) electrons. The lowest BCUT2D eigenvalue weighted by Crippen LogP contribution is -2.16. The van der Waals surface area contributed by atoms with Crippen molar-refractivity contribution in [1.82, 2.24) is 0 Å². The van der Waals surface area contributed by atoms with E-state index in [2.05, 4.69) is 13.8 Å². The first-order valence-electron chi connectivity index (χ1n) is 12.1. The van der Waals surface area contributed by atoms with Gasteiger partial charge < -0.3 is 18.3 Å². The average molecular weight is 492 g/mol. The number of hydrogen-bond donors (Lipinski definition) is 0. The Bertz CT molecular complexity index is 1120. The molecule has 2 atom stereocenters. The highest BCUT2D eigenvalue weighted by molar-refractivity contribution is 7.43. The molecule has 1 aliphatic rings. The van der Waals surface area contributed by atoms with Gasteiger partial charge >= 0.3 is 8.60 Å². The van der Waals surface area contributed by atoms with E-state index in [0.29, 0.717) is 24.2 Å². The molecule has 1 aliphatic heterocycles. The van der Waals surface area contributed by atoms with Gasteiger partial charge in [-0.3, -0.25) is 0 Å². The molecule has 0 saturated carbocycles. The molecule has 6 heteroatoms. The van der Waals surface area contributed by atoms with Crippen LogP contribution in [0.4, 0.5) is 0 Å². The minimum atomic E-state index is -1.82. The number of aliphatic imine (C=N–C) groups is 1. The van der Waals surface area contributed by atoms with Crippen molar-refractivity contribution in [2.24, 2.45) is 10.9 Å². The summed E-state index contributed by atoms with van der Waals surface area (Å²) in [7, 11) is -1.82. The molecule has 0 N–H and O–H groups in total. The Kier molecular flexibility index (Phi) is 7.97. The number of para-hydroxylation sites is 3. The lowest BCUT2D eigenvalue weighted by atomic mass is 10.0. The van der Waals surface area contributed by atoms with E-state index in [9.17, 15) is 0 Å². The van der Waals surface area contributed by atoms with Crippen LogP contribution in [0.3, 0.4) is 0 Å². The third-order valence-electron chi connectivity index (χ3n) is 6.41. The first-order valence-corrected chi connectivity index (χ1v) is 13.2. The topological polar surface area (TPSA) is 49.3 Å². The predicted molar refractivity (Wildman–Crippen MR) is 143 cm³/mol. The molecule has 0 bridgehead atoms. The standard InChI is InChI=1S/C29H34NO4P/c1-7-19(2)25-18-31-29(30-25)24-16-8-9-17-26(24)32-35(33-27-20(3)12-10-13-21(27)4)34-28-22(5)14-11-15-23(28)6/h8-17,19,25H,7,18H2,1-6H3/t19-,25?/m0/s1. The summed E-state index contributed by atoms with van der Waals surface area (Å²) in [6, 6.07) is 20.1.